The number of amides is 2. The number of rotatable bonds is 11. The summed E-state index contributed by atoms with van der Waals surface area (Å²) in [6.07, 6.45) is 4.16. The number of nitrogens with one attached hydrogen (secondary N) is 3. The molecule has 9 nitrogen and oxygen atoms in total. The third-order valence-electron chi connectivity index (χ3n) is 8.46. The number of anilines is 1. The second kappa shape index (κ2) is 12.6. The van der Waals surface area contributed by atoms with Gasteiger partial charge in [-0.1, -0.05) is 55.3 Å². The fourth-order valence-corrected chi connectivity index (χ4v) is 6.87. The van der Waals surface area contributed by atoms with Gasteiger partial charge in [0, 0.05) is 23.7 Å². The van der Waals surface area contributed by atoms with Crippen LogP contribution in [0.1, 0.15) is 59.4 Å². The maximum absolute atomic E-state index is 13.8. The van der Waals surface area contributed by atoms with E-state index in [-0.39, 0.29) is 22.9 Å². The van der Waals surface area contributed by atoms with E-state index in [1.165, 1.54) is 42.0 Å². The highest BCUT2D eigenvalue weighted by Gasteiger charge is 2.27. The van der Waals surface area contributed by atoms with Gasteiger partial charge in [0.2, 0.25) is 10.0 Å². The van der Waals surface area contributed by atoms with Crippen molar-refractivity contribution in [3.8, 4) is 22.4 Å². The number of carbonyl (C=O) groups is 2. The van der Waals surface area contributed by atoms with Crippen molar-refractivity contribution in [2.75, 3.05) is 17.5 Å². The predicted octanol–water partition coefficient (Wildman–Crippen LogP) is 6.37. The molecule has 0 radical (unpaired) electrons. The van der Waals surface area contributed by atoms with Crippen LogP contribution < -0.4 is 15.4 Å². The summed E-state index contributed by atoms with van der Waals surface area (Å²) in [5, 5.41) is 10.4. The lowest BCUT2D eigenvalue weighted by molar-refractivity contribution is 0.0910. The second-order valence-corrected chi connectivity index (χ2v) is 14.3. The van der Waals surface area contributed by atoms with Crippen LogP contribution in [-0.4, -0.2) is 42.6 Å². The number of halogens is 1. The highest BCUT2D eigenvalue weighted by atomic mass is 32.2. The lowest BCUT2D eigenvalue weighted by Gasteiger charge is -2.27. The largest absolute Gasteiger partial charge is 0.355 e. The zero-order valence-electron chi connectivity index (χ0n) is 26.4. The van der Waals surface area contributed by atoms with Gasteiger partial charge in [-0.2, -0.15) is 5.10 Å². The van der Waals surface area contributed by atoms with Gasteiger partial charge in [-0.05, 0) is 79.8 Å². The molecule has 0 bridgehead atoms. The van der Waals surface area contributed by atoms with E-state index in [9.17, 15) is 22.4 Å². The van der Waals surface area contributed by atoms with Gasteiger partial charge in [0.1, 0.15) is 11.5 Å². The van der Waals surface area contributed by atoms with Gasteiger partial charge in [0.05, 0.1) is 34.3 Å². The first-order valence-electron chi connectivity index (χ1n) is 15.5. The molecule has 0 aliphatic heterocycles. The molecule has 47 heavy (non-hydrogen) atoms. The van der Waals surface area contributed by atoms with E-state index in [2.05, 4.69) is 20.5 Å². The number of sulfonamides is 1. The molecule has 0 saturated heterocycles. The average Bonchev–Trinajstić information content (AvgIpc) is 3.82. The monoisotopic (exact) mass is 653 g/mol. The van der Waals surface area contributed by atoms with Crippen molar-refractivity contribution in [2.45, 2.75) is 38.6 Å². The van der Waals surface area contributed by atoms with Crippen LogP contribution in [0.4, 0.5) is 10.1 Å². The van der Waals surface area contributed by atoms with Crippen molar-refractivity contribution in [3.63, 3.8) is 0 Å². The lowest BCUT2D eigenvalue weighted by Crippen LogP contribution is -2.40. The van der Waals surface area contributed by atoms with Crippen LogP contribution in [0.2, 0.25) is 0 Å². The summed E-state index contributed by atoms with van der Waals surface area (Å²) in [5.74, 6) is -0.763. The molecule has 2 heterocycles. The Morgan fingerprint density at radius 2 is 1.66 bits per heavy atom. The van der Waals surface area contributed by atoms with Crippen LogP contribution in [-0.2, 0) is 15.6 Å². The maximum Gasteiger partial charge on any atom is 0.255 e. The van der Waals surface area contributed by atoms with Crippen LogP contribution in [0.25, 0.3) is 27.9 Å². The summed E-state index contributed by atoms with van der Waals surface area (Å²) in [6, 6.07) is 23.9. The number of aromatic nitrogens is 2. The van der Waals surface area contributed by atoms with Crippen LogP contribution >= 0.6 is 0 Å². The Kier molecular flexibility index (Phi) is 8.59. The SMILES string of the molecule is CNC(=O)c1c(-c2ccc(F)cc2)nn2cc(NS(=O)(=O)CCC3CC3)c(-c3cccc(C(=O)NC(C)(C)c4ccccc4)c3)cc12. The first-order valence-corrected chi connectivity index (χ1v) is 17.1. The Bertz CT molecular complexity index is 2070. The lowest BCUT2D eigenvalue weighted by atomic mass is 9.93. The molecule has 5 aromatic rings. The zero-order valence-corrected chi connectivity index (χ0v) is 27.2. The van der Waals surface area contributed by atoms with Crippen molar-refractivity contribution in [2.24, 2.45) is 5.92 Å². The average molecular weight is 654 g/mol. The minimum atomic E-state index is -3.74. The van der Waals surface area contributed by atoms with E-state index in [1.807, 2.05) is 44.2 Å². The maximum atomic E-state index is 13.8. The standard InChI is InChI=1S/C36H36FN5O4S/c1-36(2,27-10-5-4-6-11-27)39-34(43)26-9-7-8-25(20-26)29-21-31-32(35(44)38-3)33(24-14-16-28(37)17-15-24)40-42(31)22-30(29)41-47(45,46)19-18-23-12-13-23/h4-11,14-17,20-23,41H,12-13,18-19H2,1-3H3,(H,38,44)(H,39,43). The second-order valence-electron chi connectivity index (χ2n) is 12.4. The normalized spacial score (nSPS) is 13.4. The molecule has 2 amide bonds. The quantitative estimate of drug-likeness (QED) is 0.153. The summed E-state index contributed by atoms with van der Waals surface area (Å²) in [4.78, 5) is 26.8. The number of hydrogen-bond donors (Lipinski definition) is 3. The smallest absolute Gasteiger partial charge is 0.255 e. The molecule has 1 aliphatic carbocycles. The Balaban J connectivity index is 1.46. The fourth-order valence-electron chi connectivity index (χ4n) is 5.63. The van der Waals surface area contributed by atoms with Crippen molar-refractivity contribution >= 4 is 33.0 Å². The van der Waals surface area contributed by atoms with E-state index >= 15 is 0 Å². The first kappa shape index (κ1) is 31.9. The highest BCUT2D eigenvalue weighted by molar-refractivity contribution is 7.92. The summed E-state index contributed by atoms with van der Waals surface area (Å²) >= 11 is 0. The van der Waals surface area contributed by atoms with Crippen molar-refractivity contribution < 1.29 is 22.4 Å². The molecule has 3 aromatic carbocycles. The minimum Gasteiger partial charge on any atom is -0.355 e. The third-order valence-corrected chi connectivity index (χ3v) is 9.76. The van der Waals surface area contributed by atoms with E-state index in [4.69, 9.17) is 0 Å². The molecular weight excluding hydrogens is 617 g/mol. The molecular formula is C36H36FN5O4S. The number of benzene rings is 3. The first-order chi connectivity index (χ1) is 22.4. The van der Waals surface area contributed by atoms with Gasteiger partial charge >= 0.3 is 0 Å². The Morgan fingerprint density at radius 1 is 0.936 bits per heavy atom. The molecule has 242 valence electrons. The predicted molar refractivity (Wildman–Crippen MR) is 181 cm³/mol. The van der Waals surface area contributed by atoms with E-state index in [0.29, 0.717) is 45.8 Å². The Hall–Kier alpha value is -5.03. The molecule has 1 aliphatic rings. The third kappa shape index (κ3) is 7.05. The van der Waals surface area contributed by atoms with Gasteiger partial charge in [0.15, 0.2) is 0 Å². The Morgan fingerprint density at radius 3 is 2.34 bits per heavy atom. The minimum absolute atomic E-state index is 0.0322. The van der Waals surface area contributed by atoms with Crippen LogP contribution in [0.15, 0.2) is 91.1 Å². The number of fused-ring (bicyclic) bond motifs is 1. The van der Waals surface area contributed by atoms with Gasteiger partial charge < -0.3 is 10.6 Å². The van der Waals surface area contributed by atoms with E-state index in [0.717, 1.165) is 18.4 Å². The number of carbonyl (C=O) groups excluding carboxylic acids is 2. The molecule has 2 aromatic heterocycles. The van der Waals surface area contributed by atoms with Gasteiger partial charge in [-0.3, -0.25) is 14.3 Å². The highest BCUT2D eigenvalue weighted by Crippen LogP contribution is 2.36. The van der Waals surface area contributed by atoms with Gasteiger partial charge in [-0.15, -0.1) is 0 Å². The zero-order chi connectivity index (χ0) is 33.3. The molecule has 11 heteroatoms. The van der Waals surface area contributed by atoms with E-state index < -0.39 is 27.3 Å². The van der Waals surface area contributed by atoms with Crippen LogP contribution in [0, 0.1) is 11.7 Å². The molecule has 6 rings (SSSR count). The summed E-state index contributed by atoms with van der Waals surface area (Å²) < 4.78 is 44.6. The molecule has 0 unspecified atom stereocenters. The van der Waals surface area contributed by atoms with Crippen molar-refractivity contribution in [1.29, 1.82) is 0 Å². The van der Waals surface area contributed by atoms with Crippen molar-refractivity contribution in [1.82, 2.24) is 20.2 Å². The molecule has 0 atom stereocenters. The topological polar surface area (TPSA) is 122 Å². The molecule has 1 saturated carbocycles. The number of nitrogens with zero attached hydrogens (tertiary/aromatic N) is 2. The molecule has 0 spiro atoms. The fraction of sp³-hybridized carbons (Fsp3) is 0.250. The number of pyridine rings is 1. The van der Waals surface area contributed by atoms with Gasteiger partial charge in [0.25, 0.3) is 11.8 Å². The number of hydrogen-bond acceptors (Lipinski definition) is 5. The van der Waals surface area contributed by atoms with Crippen LogP contribution in [0.3, 0.4) is 0 Å². The summed E-state index contributed by atoms with van der Waals surface area (Å²) in [5.41, 5.74) is 3.38. The summed E-state index contributed by atoms with van der Waals surface area (Å²) in [6.45, 7) is 3.84. The van der Waals surface area contributed by atoms with Crippen molar-refractivity contribution in [3.05, 3.63) is 114 Å². The van der Waals surface area contributed by atoms with Crippen LogP contribution in [0.5, 0.6) is 0 Å². The van der Waals surface area contributed by atoms with E-state index in [1.54, 1.807) is 30.3 Å². The Labute approximate surface area is 273 Å². The molecule has 1 fully saturated rings. The van der Waals surface area contributed by atoms with Gasteiger partial charge in [-0.25, -0.2) is 17.3 Å². The summed E-state index contributed by atoms with van der Waals surface area (Å²) in [7, 11) is -2.24. The molecule has 3 N–H and O–H groups in total.